The third-order valence-corrected chi connectivity index (χ3v) is 3.27. The van der Waals surface area contributed by atoms with Gasteiger partial charge in [0.25, 0.3) is 0 Å². The van der Waals surface area contributed by atoms with E-state index in [1.807, 2.05) is 0 Å². The largest absolute Gasteiger partial charge is 0.301 e. The maximum atomic E-state index is 2.61. The van der Waals surface area contributed by atoms with E-state index in [-0.39, 0.29) is 0 Å². The number of nitrogens with zero attached hydrogens (tertiary/aromatic N) is 1. The summed E-state index contributed by atoms with van der Waals surface area (Å²) in [5.74, 6) is 0. The van der Waals surface area contributed by atoms with Gasteiger partial charge in [-0.1, -0.05) is 27.7 Å². The zero-order valence-corrected chi connectivity index (χ0v) is 9.06. The van der Waals surface area contributed by atoms with Crippen molar-refractivity contribution in [2.24, 2.45) is 5.41 Å². The van der Waals surface area contributed by atoms with Crippen LogP contribution in [0.3, 0.4) is 0 Å². The molecule has 0 saturated heterocycles. The van der Waals surface area contributed by atoms with Gasteiger partial charge in [0.05, 0.1) is 0 Å². The van der Waals surface area contributed by atoms with E-state index < -0.39 is 0 Å². The fourth-order valence-corrected chi connectivity index (χ4v) is 2.45. The number of hydrogen-bond acceptors (Lipinski definition) is 1. The molecule has 1 fully saturated rings. The van der Waals surface area contributed by atoms with Crippen LogP contribution in [0, 0.1) is 5.41 Å². The van der Waals surface area contributed by atoms with Gasteiger partial charge in [0, 0.05) is 6.04 Å². The van der Waals surface area contributed by atoms with Gasteiger partial charge < -0.3 is 4.90 Å². The summed E-state index contributed by atoms with van der Waals surface area (Å²) in [5, 5.41) is 0. The van der Waals surface area contributed by atoms with E-state index in [1.54, 1.807) is 0 Å². The lowest BCUT2D eigenvalue weighted by molar-refractivity contribution is 0.205. The molecule has 1 aliphatic rings. The minimum absolute atomic E-state index is 0.604. The van der Waals surface area contributed by atoms with Crippen LogP contribution in [0.5, 0.6) is 0 Å². The number of hydrogen-bond donors (Lipinski definition) is 0. The summed E-state index contributed by atoms with van der Waals surface area (Å²) < 4.78 is 0. The first-order chi connectivity index (χ1) is 5.59. The fourth-order valence-electron chi connectivity index (χ4n) is 2.45. The normalized spacial score (nSPS) is 28.2. The molecule has 0 N–H and O–H groups in total. The highest BCUT2D eigenvalue weighted by molar-refractivity contribution is 4.87. The maximum absolute atomic E-state index is 2.61. The minimum atomic E-state index is 0.604. The summed E-state index contributed by atoms with van der Waals surface area (Å²) in [6.45, 7) is 11.8. The predicted molar refractivity (Wildman–Crippen MR) is 54.3 cm³/mol. The Morgan fingerprint density at radius 2 is 1.83 bits per heavy atom. The van der Waals surface area contributed by atoms with E-state index in [4.69, 9.17) is 0 Å². The highest BCUT2D eigenvalue weighted by Gasteiger charge is 2.32. The summed E-state index contributed by atoms with van der Waals surface area (Å²) in [4.78, 5) is 2.61. The molecular weight excluding hydrogens is 146 g/mol. The first kappa shape index (κ1) is 10.0. The van der Waals surface area contributed by atoms with Gasteiger partial charge in [0.2, 0.25) is 0 Å². The van der Waals surface area contributed by atoms with Gasteiger partial charge >= 0.3 is 0 Å². The summed E-state index contributed by atoms with van der Waals surface area (Å²) in [7, 11) is 0. The molecule has 0 aromatic carbocycles. The van der Waals surface area contributed by atoms with Crippen molar-refractivity contribution in [3.63, 3.8) is 0 Å². The molecule has 0 radical (unpaired) electrons. The smallest absolute Gasteiger partial charge is 0.0100 e. The van der Waals surface area contributed by atoms with E-state index >= 15 is 0 Å². The SMILES string of the molecule is CCN(CC)C1CCC(C)(C)C1. The second kappa shape index (κ2) is 3.78. The molecule has 0 aliphatic heterocycles. The third kappa shape index (κ3) is 2.22. The van der Waals surface area contributed by atoms with Crippen molar-refractivity contribution in [2.75, 3.05) is 13.1 Å². The predicted octanol–water partition coefficient (Wildman–Crippen LogP) is 2.91. The van der Waals surface area contributed by atoms with Crippen LogP contribution in [0.15, 0.2) is 0 Å². The van der Waals surface area contributed by atoms with Crippen molar-refractivity contribution in [3.8, 4) is 0 Å². The molecule has 1 aliphatic carbocycles. The van der Waals surface area contributed by atoms with Gasteiger partial charge in [-0.3, -0.25) is 0 Å². The van der Waals surface area contributed by atoms with Crippen LogP contribution in [-0.4, -0.2) is 24.0 Å². The van der Waals surface area contributed by atoms with E-state index in [9.17, 15) is 0 Å². The summed E-state index contributed by atoms with van der Waals surface area (Å²) in [6.07, 6.45) is 4.22. The second-order valence-corrected chi connectivity index (χ2v) is 4.78. The molecule has 0 amide bonds. The summed E-state index contributed by atoms with van der Waals surface area (Å²) in [5.41, 5.74) is 0.604. The van der Waals surface area contributed by atoms with Crippen LogP contribution in [0.4, 0.5) is 0 Å². The van der Waals surface area contributed by atoms with Crippen molar-refractivity contribution in [1.82, 2.24) is 4.90 Å². The zero-order chi connectivity index (χ0) is 9.19. The van der Waals surface area contributed by atoms with Crippen LogP contribution in [0.1, 0.15) is 47.0 Å². The lowest BCUT2D eigenvalue weighted by Crippen LogP contribution is -2.33. The minimum Gasteiger partial charge on any atom is -0.301 e. The maximum Gasteiger partial charge on any atom is 0.0100 e. The molecule has 1 saturated carbocycles. The Balaban J connectivity index is 2.45. The summed E-state index contributed by atoms with van der Waals surface area (Å²) >= 11 is 0. The van der Waals surface area contributed by atoms with Crippen molar-refractivity contribution < 1.29 is 0 Å². The second-order valence-electron chi connectivity index (χ2n) is 4.78. The standard InChI is InChI=1S/C11H23N/c1-5-12(6-2)10-7-8-11(3,4)9-10/h10H,5-9H2,1-4H3. The molecule has 0 heterocycles. The van der Waals surface area contributed by atoms with E-state index in [1.165, 1.54) is 32.4 Å². The molecule has 1 heteroatoms. The average molecular weight is 169 g/mol. The Hall–Kier alpha value is -0.0400. The van der Waals surface area contributed by atoms with Gasteiger partial charge in [-0.15, -0.1) is 0 Å². The summed E-state index contributed by atoms with van der Waals surface area (Å²) in [6, 6.07) is 0.870. The number of rotatable bonds is 3. The van der Waals surface area contributed by atoms with Crippen LogP contribution >= 0.6 is 0 Å². The van der Waals surface area contributed by atoms with Crippen molar-refractivity contribution in [3.05, 3.63) is 0 Å². The van der Waals surface area contributed by atoms with E-state index in [0.717, 1.165) is 6.04 Å². The molecule has 0 aromatic heterocycles. The highest BCUT2D eigenvalue weighted by atomic mass is 15.1. The Labute approximate surface area is 77.1 Å². The first-order valence-electron chi connectivity index (χ1n) is 5.33. The lowest BCUT2D eigenvalue weighted by atomic mass is 9.91. The molecule has 72 valence electrons. The molecule has 1 nitrogen and oxygen atoms in total. The average Bonchev–Trinajstić information content (AvgIpc) is 2.34. The van der Waals surface area contributed by atoms with Crippen molar-refractivity contribution >= 4 is 0 Å². The van der Waals surface area contributed by atoms with Crippen molar-refractivity contribution in [1.29, 1.82) is 0 Å². The Kier molecular flexibility index (Phi) is 3.16. The van der Waals surface area contributed by atoms with Gasteiger partial charge in [-0.05, 0) is 37.8 Å². The van der Waals surface area contributed by atoms with Crippen LogP contribution < -0.4 is 0 Å². The third-order valence-electron chi connectivity index (χ3n) is 3.27. The topological polar surface area (TPSA) is 3.24 Å². The van der Waals surface area contributed by atoms with Gasteiger partial charge in [0.1, 0.15) is 0 Å². The molecule has 1 rings (SSSR count). The molecule has 1 unspecified atom stereocenters. The van der Waals surface area contributed by atoms with Crippen LogP contribution in [0.25, 0.3) is 0 Å². The van der Waals surface area contributed by atoms with Crippen LogP contribution in [-0.2, 0) is 0 Å². The fraction of sp³-hybridized carbons (Fsp3) is 1.00. The highest BCUT2D eigenvalue weighted by Crippen LogP contribution is 2.39. The Morgan fingerprint density at radius 1 is 1.25 bits per heavy atom. The molecule has 0 aromatic rings. The zero-order valence-electron chi connectivity index (χ0n) is 9.06. The van der Waals surface area contributed by atoms with E-state index in [2.05, 4.69) is 32.6 Å². The molecular formula is C11H23N. The molecule has 0 bridgehead atoms. The molecule has 1 atom stereocenters. The van der Waals surface area contributed by atoms with Crippen molar-refractivity contribution in [2.45, 2.75) is 53.0 Å². The van der Waals surface area contributed by atoms with Gasteiger partial charge in [-0.25, -0.2) is 0 Å². The lowest BCUT2D eigenvalue weighted by Gasteiger charge is -2.27. The quantitative estimate of drug-likeness (QED) is 0.628. The monoisotopic (exact) mass is 169 g/mol. The Morgan fingerprint density at radius 3 is 2.17 bits per heavy atom. The molecule has 0 spiro atoms. The van der Waals surface area contributed by atoms with E-state index in [0.29, 0.717) is 5.41 Å². The van der Waals surface area contributed by atoms with Crippen LogP contribution in [0.2, 0.25) is 0 Å². The van der Waals surface area contributed by atoms with Gasteiger partial charge in [0.15, 0.2) is 0 Å². The first-order valence-corrected chi connectivity index (χ1v) is 5.33. The molecule has 12 heavy (non-hydrogen) atoms. The Bertz CT molecular complexity index is 136. The van der Waals surface area contributed by atoms with Gasteiger partial charge in [-0.2, -0.15) is 0 Å².